The monoisotopic (exact) mass is 387 g/mol. The number of hydrogen-bond acceptors (Lipinski definition) is 6. The number of aliphatic hydroxyl groups is 1. The highest BCUT2D eigenvalue weighted by Crippen LogP contribution is 2.37. The van der Waals surface area contributed by atoms with E-state index in [1.54, 1.807) is 0 Å². The topological polar surface area (TPSA) is 89.3 Å². The van der Waals surface area contributed by atoms with Crippen molar-refractivity contribution in [3.63, 3.8) is 0 Å². The van der Waals surface area contributed by atoms with Gasteiger partial charge in [0.05, 0.1) is 12.3 Å². The number of nitrogens with zero attached hydrogens (tertiary/aromatic N) is 5. The minimum Gasteiger partial charge on any atom is -0.388 e. The van der Waals surface area contributed by atoms with Crippen LogP contribution in [-0.2, 0) is 12.6 Å². The lowest BCUT2D eigenvalue weighted by molar-refractivity contribution is -0.141. The Morgan fingerprint density at radius 2 is 2.00 bits per heavy atom. The number of aliphatic hydroxyl groups excluding tert-OH is 1. The van der Waals surface area contributed by atoms with Gasteiger partial charge in [-0.2, -0.15) is 23.3 Å². The molecule has 0 saturated heterocycles. The molecule has 1 N–H and O–H groups in total. The summed E-state index contributed by atoms with van der Waals surface area (Å²) >= 11 is 0. The molecule has 142 valence electrons. The molecule has 3 heterocycles. The molecule has 7 nitrogen and oxygen atoms in total. The average Bonchev–Trinajstić information content (AvgIpc) is 3.38. The Hall–Kier alpha value is -3.27. The molecule has 0 aliphatic heterocycles. The van der Waals surface area contributed by atoms with Crippen LogP contribution in [0.4, 0.5) is 13.2 Å². The van der Waals surface area contributed by atoms with Crippen molar-refractivity contribution in [2.45, 2.75) is 25.1 Å². The number of hydrogen-bond donors (Lipinski definition) is 1. The smallest absolute Gasteiger partial charge is 0.388 e. The highest BCUT2D eigenvalue weighted by molar-refractivity contribution is 5.65. The van der Waals surface area contributed by atoms with E-state index in [-0.39, 0.29) is 17.2 Å². The van der Waals surface area contributed by atoms with Crippen molar-refractivity contribution in [3.8, 4) is 23.0 Å². The Morgan fingerprint density at radius 1 is 1.14 bits per heavy atom. The van der Waals surface area contributed by atoms with Gasteiger partial charge in [-0.05, 0) is 36.1 Å². The van der Waals surface area contributed by atoms with Crippen molar-refractivity contribution in [2.24, 2.45) is 0 Å². The SMILES string of the molecule is OC1CCc2c(-c3noc(-c4cn5nc(C(F)(F)F)ccc5n4)n3)cccc21. The molecule has 1 atom stereocenters. The highest BCUT2D eigenvalue weighted by atomic mass is 19.4. The van der Waals surface area contributed by atoms with Crippen LogP contribution in [0.15, 0.2) is 41.1 Å². The molecule has 10 heteroatoms. The average molecular weight is 387 g/mol. The zero-order chi connectivity index (χ0) is 19.5. The normalized spacial score (nSPS) is 16.6. The number of halogens is 3. The Morgan fingerprint density at radius 3 is 2.82 bits per heavy atom. The fourth-order valence-electron chi connectivity index (χ4n) is 3.42. The van der Waals surface area contributed by atoms with Crippen LogP contribution in [0.25, 0.3) is 28.6 Å². The molecule has 3 aromatic heterocycles. The van der Waals surface area contributed by atoms with Gasteiger partial charge < -0.3 is 9.63 Å². The summed E-state index contributed by atoms with van der Waals surface area (Å²) in [6, 6.07) is 7.61. The first-order valence-electron chi connectivity index (χ1n) is 8.48. The Bertz CT molecular complexity index is 1200. The van der Waals surface area contributed by atoms with Gasteiger partial charge in [-0.1, -0.05) is 23.4 Å². The van der Waals surface area contributed by atoms with E-state index in [2.05, 4.69) is 20.2 Å². The molecule has 0 bridgehead atoms. The maximum absolute atomic E-state index is 12.8. The molecular formula is C18H12F3N5O2. The third-order valence-electron chi connectivity index (χ3n) is 4.74. The summed E-state index contributed by atoms with van der Waals surface area (Å²) in [5.74, 6) is 0.409. The second-order valence-corrected chi connectivity index (χ2v) is 6.50. The zero-order valence-electron chi connectivity index (χ0n) is 14.2. The zero-order valence-corrected chi connectivity index (χ0v) is 14.2. The maximum Gasteiger partial charge on any atom is 0.435 e. The number of fused-ring (bicyclic) bond motifs is 2. The molecule has 0 fully saturated rings. The lowest BCUT2D eigenvalue weighted by atomic mass is 10.0. The fraction of sp³-hybridized carbons (Fsp3) is 0.222. The number of alkyl halides is 3. The summed E-state index contributed by atoms with van der Waals surface area (Å²) in [6.45, 7) is 0. The molecule has 0 spiro atoms. The van der Waals surface area contributed by atoms with Crippen LogP contribution >= 0.6 is 0 Å². The number of benzene rings is 1. The van der Waals surface area contributed by atoms with E-state index in [9.17, 15) is 18.3 Å². The molecule has 5 rings (SSSR count). The largest absolute Gasteiger partial charge is 0.435 e. The van der Waals surface area contributed by atoms with E-state index in [4.69, 9.17) is 4.52 Å². The minimum absolute atomic E-state index is 0.0743. The predicted octanol–water partition coefficient (Wildman–Crippen LogP) is 3.44. The van der Waals surface area contributed by atoms with Crippen LogP contribution in [0.2, 0.25) is 0 Å². The van der Waals surface area contributed by atoms with E-state index in [0.717, 1.165) is 27.3 Å². The minimum atomic E-state index is -4.55. The molecule has 1 unspecified atom stereocenters. The van der Waals surface area contributed by atoms with Gasteiger partial charge in [-0.15, -0.1) is 0 Å². The molecular weight excluding hydrogens is 375 g/mol. The van der Waals surface area contributed by atoms with Crippen LogP contribution in [0.3, 0.4) is 0 Å². The van der Waals surface area contributed by atoms with E-state index >= 15 is 0 Å². The van der Waals surface area contributed by atoms with Gasteiger partial charge in [0.25, 0.3) is 5.89 Å². The lowest BCUT2D eigenvalue weighted by Gasteiger charge is -2.05. The summed E-state index contributed by atoms with van der Waals surface area (Å²) < 4.78 is 44.8. The lowest BCUT2D eigenvalue weighted by Crippen LogP contribution is -2.10. The van der Waals surface area contributed by atoms with Crippen molar-refractivity contribution < 1.29 is 22.8 Å². The standard InChI is InChI=1S/C18H12F3N5O2/c19-18(20,21)14-6-7-15-22-12(8-26(15)24-14)17-23-16(25-28-17)11-3-1-2-10-9(11)4-5-13(10)27/h1-3,6-8,13,27H,4-5H2. The third-order valence-corrected chi connectivity index (χ3v) is 4.74. The van der Waals surface area contributed by atoms with E-state index < -0.39 is 18.0 Å². The Balaban J connectivity index is 1.54. The number of imidazole rings is 1. The van der Waals surface area contributed by atoms with Crippen LogP contribution in [-0.4, -0.2) is 29.8 Å². The number of aromatic nitrogens is 5. The first-order valence-corrected chi connectivity index (χ1v) is 8.48. The fourth-order valence-corrected chi connectivity index (χ4v) is 3.42. The van der Waals surface area contributed by atoms with Crippen LogP contribution < -0.4 is 0 Å². The van der Waals surface area contributed by atoms with Crippen molar-refractivity contribution in [1.29, 1.82) is 0 Å². The van der Waals surface area contributed by atoms with E-state index in [0.29, 0.717) is 18.7 Å². The van der Waals surface area contributed by atoms with Crippen molar-refractivity contribution in [2.75, 3.05) is 0 Å². The second-order valence-electron chi connectivity index (χ2n) is 6.50. The van der Waals surface area contributed by atoms with Crippen LogP contribution in [0, 0.1) is 0 Å². The summed E-state index contributed by atoms with van der Waals surface area (Å²) in [5, 5.41) is 17.5. The summed E-state index contributed by atoms with van der Waals surface area (Å²) in [6.07, 6.45) is -2.41. The van der Waals surface area contributed by atoms with Crippen LogP contribution in [0.5, 0.6) is 0 Å². The van der Waals surface area contributed by atoms with E-state index in [1.807, 2.05) is 18.2 Å². The quantitative estimate of drug-likeness (QED) is 0.567. The Labute approximate surface area is 155 Å². The van der Waals surface area contributed by atoms with Gasteiger partial charge in [0.1, 0.15) is 5.69 Å². The second kappa shape index (κ2) is 5.86. The van der Waals surface area contributed by atoms with Gasteiger partial charge >= 0.3 is 6.18 Å². The first kappa shape index (κ1) is 16.9. The van der Waals surface area contributed by atoms with Crippen LogP contribution in [0.1, 0.15) is 29.3 Å². The Kier molecular flexibility index (Phi) is 3.53. The first-order chi connectivity index (χ1) is 13.4. The third kappa shape index (κ3) is 2.64. The molecule has 1 aliphatic rings. The predicted molar refractivity (Wildman–Crippen MR) is 90.0 cm³/mol. The summed E-state index contributed by atoms with van der Waals surface area (Å²) in [4.78, 5) is 8.53. The van der Waals surface area contributed by atoms with Crippen molar-refractivity contribution in [3.05, 3.63) is 53.3 Å². The van der Waals surface area contributed by atoms with E-state index in [1.165, 1.54) is 12.3 Å². The molecule has 28 heavy (non-hydrogen) atoms. The van der Waals surface area contributed by atoms with Gasteiger partial charge in [0.2, 0.25) is 5.82 Å². The highest BCUT2D eigenvalue weighted by Gasteiger charge is 2.33. The molecule has 0 radical (unpaired) electrons. The van der Waals surface area contributed by atoms with Crippen molar-refractivity contribution >= 4 is 5.65 Å². The summed E-state index contributed by atoms with van der Waals surface area (Å²) in [5.41, 5.74) is 2.00. The van der Waals surface area contributed by atoms with Gasteiger partial charge in [-0.3, -0.25) is 0 Å². The molecule has 0 amide bonds. The molecule has 1 aromatic carbocycles. The van der Waals surface area contributed by atoms with Gasteiger partial charge in [0, 0.05) is 5.56 Å². The molecule has 4 aromatic rings. The maximum atomic E-state index is 12.8. The molecule has 0 saturated carbocycles. The van der Waals surface area contributed by atoms with Gasteiger partial charge in [-0.25, -0.2) is 9.50 Å². The number of rotatable bonds is 2. The van der Waals surface area contributed by atoms with Crippen molar-refractivity contribution in [1.82, 2.24) is 24.7 Å². The molecule has 1 aliphatic carbocycles. The van der Waals surface area contributed by atoms with Gasteiger partial charge in [0.15, 0.2) is 11.3 Å². The summed E-state index contributed by atoms with van der Waals surface area (Å²) in [7, 11) is 0.